The minimum absolute atomic E-state index is 0. The summed E-state index contributed by atoms with van der Waals surface area (Å²) in [6.07, 6.45) is 3.06. The van der Waals surface area contributed by atoms with Gasteiger partial charge in [-0.3, -0.25) is 4.79 Å². The van der Waals surface area contributed by atoms with Gasteiger partial charge in [0.25, 0.3) is 0 Å². The number of halogens is 3. The molecule has 4 rings (SSSR count). The van der Waals surface area contributed by atoms with E-state index in [4.69, 9.17) is 0 Å². The Morgan fingerprint density at radius 2 is 1.80 bits per heavy atom. The largest absolute Gasteiger partial charge is 0.659 e. The standard InChI is InChI=1S/C22H34N3O.C8H6F3.2H2O.Sc/c1-22(2,3)24-15-16-10-11-19-17(13-16)7-6-9-20(19)25-21(26)14-18-8-4-5-12-23-18;1-6-4-2-3-5-7(6)8(9,10)11;;;/h10-11,13,18,20,24H,4-9,12,14-15H2,1-3H3,(H,25,26);2,4-5H,1H3;2*1H2;/q2*-1;;;/t18-,20+;;;;/m0..../s1. The Morgan fingerprint density at radius 3 is 2.38 bits per heavy atom. The van der Waals surface area contributed by atoms with E-state index < -0.39 is 11.7 Å². The van der Waals surface area contributed by atoms with E-state index in [1.807, 2.05) is 0 Å². The second-order valence-corrected chi connectivity index (χ2v) is 11.1. The van der Waals surface area contributed by atoms with Gasteiger partial charge in [0, 0.05) is 44.3 Å². The smallest absolute Gasteiger partial charge is 0.370 e. The van der Waals surface area contributed by atoms with Crippen molar-refractivity contribution in [3.05, 3.63) is 75.6 Å². The molecule has 0 unspecified atom stereocenters. The molecular formula is C30H44F3N3O3Sc-2. The van der Waals surface area contributed by atoms with Crippen molar-refractivity contribution in [2.45, 2.75) is 103 Å². The fourth-order valence-electron chi connectivity index (χ4n) is 4.80. The Labute approximate surface area is 255 Å². The summed E-state index contributed by atoms with van der Waals surface area (Å²) < 4.78 is 36.1. The number of nitrogens with zero attached hydrogens (tertiary/aromatic N) is 1. The average molecular weight is 597 g/mol. The van der Waals surface area contributed by atoms with E-state index >= 15 is 0 Å². The molecule has 1 saturated heterocycles. The zero-order chi connectivity index (χ0) is 27.1. The monoisotopic (exact) mass is 596 g/mol. The van der Waals surface area contributed by atoms with Crippen LogP contribution < -0.4 is 10.6 Å². The summed E-state index contributed by atoms with van der Waals surface area (Å²) in [6.45, 7) is 9.81. The van der Waals surface area contributed by atoms with Crippen LogP contribution >= 0.6 is 0 Å². The molecule has 6 nitrogen and oxygen atoms in total. The molecule has 0 spiro atoms. The topological polar surface area (TPSA) is 118 Å². The van der Waals surface area contributed by atoms with Crippen LogP contribution in [0.4, 0.5) is 13.2 Å². The van der Waals surface area contributed by atoms with Crippen LogP contribution in [0.5, 0.6) is 0 Å². The molecule has 2 aromatic rings. The Hall–Kier alpha value is -1.59. The number of carbonyl (C=O) groups is 1. The van der Waals surface area contributed by atoms with Crippen LogP contribution in [0.25, 0.3) is 5.32 Å². The van der Waals surface area contributed by atoms with Crippen LogP contribution in [-0.2, 0) is 49.8 Å². The second-order valence-electron chi connectivity index (χ2n) is 11.1. The second kappa shape index (κ2) is 17.4. The predicted molar refractivity (Wildman–Crippen MR) is 150 cm³/mol. The van der Waals surface area contributed by atoms with Crippen LogP contribution in [0.15, 0.2) is 36.4 Å². The van der Waals surface area contributed by atoms with Crippen molar-refractivity contribution >= 4 is 5.91 Å². The quantitative estimate of drug-likeness (QED) is 0.441. The molecule has 1 aliphatic carbocycles. The summed E-state index contributed by atoms with van der Waals surface area (Å²) in [5.74, 6) is 0.164. The molecule has 0 bridgehead atoms. The molecule has 6 N–H and O–H groups in total. The van der Waals surface area contributed by atoms with Crippen molar-refractivity contribution in [1.82, 2.24) is 10.6 Å². The fourth-order valence-corrected chi connectivity index (χ4v) is 4.80. The maximum absolute atomic E-state index is 12.5. The number of rotatable bonds is 5. The molecule has 0 saturated carbocycles. The van der Waals surface area contributed by atoms with Crippen LogP contribution in [0.2, 0.25) is 0 Å². The number of fused-ring (bicyclic) bond motifs is 1. The Bertz CT molecular complexity index is 1040. The number of alkyl halides is 3. The van der Waals surface area contributed by atoms with Crippen LogP contribution in [0.3, 0.4) is 0 Å². The zero-order valence-electron chi connectivity index (χ0n) is 24.0. The normalized spacial score (nSPS) is 18.4. The SMILES string of the molecule is CC(C)(C)NCc1ccc2c(c1)CCC[C@H]2NC(=O)C[C@@H]1CCCC[N-]1.Cc1cc[c-]cc1C(F)(F)F.O.O.[Sc]. The number of nitrogens with one attached hydrogen (secondary N) is 2. The third-order valence-electron chi connectivity index (χ3n) is 6.82. The van der Waals surface area contributed by atoms with Crippen molar-refractivity contribution in [1.29, 1.82) is 0 Å². The van der Waals surface area contributed by atoms with E-state index in [1.165, 1.54) is 48.6 Å². The summed E-state index contributed by atoms with van der Waals surface area (Å²) in [4.78, 5) is 12.5. The van der Waals surface area contributed by atoms with E-state index in [2.05, 4.69) is 61.0 Å². The van der Waals surface area contributed by atoms with E-state index in [1.54, 1.807) is 0 Å². The van der Waals surface area contributed by atoms with E-state index in [9.17, 15) is 18.0 Å². The number of amides is 1. The number of benzene rings is 2. The molecule has 2 aromatic carbocycles. The molecule has 0 aromatic heterocycles. The van der Waals surface area contributed by atoms with Gasteiger partial charge in [-0.05, 0) is 56.7 Å². The van der Waals surface area contributed by atoms with Gasteiger partial charge < -0.3 is 26.9 Å². The van der Waals surface area contributed by atoms with Gasteiger partial charge in [0.15, 0.2) is 0 Å². The number of piperidine rings is 1. The van der Waals surface area contributed by atoms with Gasteiger partial charge in [-0.2, -0.15) is 37.4 Å². The maximum atomic E-state index is 12.5. The van der Waals surface area contributed by atoms with Gasteiger partial charge in [0.1, 0.15) is 0 Å². The van der Waals surface area contributed by atoms with Crippen LogP contribution in [0, 0.1) is 13.0 Å². The Kier molecular flexibility index (Phi) is 16.7. The first-order valence-electron chi connectivity index (χ1n) is 13.3. The first-order valence-corrected chi connectivity index (χ1v) is 13.3. The summed E-state index contributed by atoms with van der Waals surface area (Å²) in [5.41, 5.74) is 3.78. The number of hydrogen-bond donors (Lipinski definition) is 2. The van der Waals surface area contributed by atoms with Crippen molar-refractivity contribution in [3.63, 3.8) is 0 Å². The summed E-state index contributed by atoms with van der Waals surface area (Å²) in [6, 6.07) is 13.4. The Balaban J connectivity index is 0.000000928. The van der Waals surface area contributed by atoms with E-state index in [0.29, 0.717) is 6.42 Å². The van der Waals surface area contributed by atoms with Crippen molar-refractivity contribution in [3.8, 4) is 0 Å². The number of hydrogen-bond acceptors (Lipinski definition) is 2. The average Bonchev–Trinajstić information content (AvgIpc) is 2.83. The molecule has 40 heavy (non-hydrogen) atoms. The van der Waals surface area contributed by atoms with Crippen LogP contribution in [-0.4, -0.2) is 35.0 Å². The summed E-state index contributed by atoms with van der Waals surface area (Å²) in [5, 5.41) is 11.4. The minimum atomic E-state index is -4.25. The third-order valence-corrected chi connectivity index (χ3v) is 6.82. The molecule has 1 amide bonds. The molecule has 1 heterocycles. The minimum Gasteiger partial charge on any atom is -0.659 e. The van der Waals surface area contributed by atoms with E-state index in [0.717, 1.165) is 44.8 Å². The molecule has 10 heteroatoms. The summed E-state index contributed by atoms with van der Waals surface area (Å²) >= 11 is 0. The molecular weight excluding hydrogens is 552 g/mol. The van der Waals surface area contributed by atoms with E-state index in [-0.39, 0.29) is 65.9 Å². The van der Waals surface area contributed by atoms with Gasteiger partial charge >= 0.3 is 6.18 Å². The zero-order valence-corrected chi connectivity index (χ0v) is 25.9. The maximum Gasteiger partial charge on any atom is 0.370 e. The molecule has 1 radical (unpaired) electrons. The first kappa shape index (κ1) is 38.4. The van der Waals surface area contributed by atoms with Crippen LogP contribution in [0.1, 0.15) is 93.2 Å². The fraction of sp³-hybridized carbons (Fsp3) is 0.567. The van der Waals surface area contributed by atoms with Crippen molar-refractivity contribution < 1.29 is 54.8 Å². The van der Waals surface area contributed by atoms with Gasteiger partial charge in [-0.25, -0.2) is 0 Å². The number of aryl methyl sites for hydroxylation is 2. The van der Waals surface area contributed by atoms with Gasteiger partial charge in [-0.15, -0.1) is 18.2 Å². The Morgan fingerprint density at radius 1 is 1.07 bits per heavy atom. The molecule has 2 atom stereocenters. The van der Waals surface area contributed by atoms with Crippen molar-refractivity contribution in [2.24, 2.45) is 0 Å². The third kappa shape index (κ3) is 12.5. The van der Waals surface area contributed by atoms with Gasteiger partial charge in [0.2, 0.25) is 5.91 Å². The predicted octanol–water partition coefficient (Wildman–Crippen LogP) is 5.55. The van der Waals surface area contributed by atoms with Crippen molar-refractivity contribution in [2.75, 3.05) is 6.54 Å². The first-order chi connectivity index (χ1) is 17.4. The van der Waals surface area contributed by atoms with Gasteiger partial charge in [0.05, 0.1) is 6.04 Å². The molecule has 223 valence electrons. The summed E-state index contributed by atoms with van der Waals surface area (Å²) in [7, 11) is 0. The molecule has 2 aliphatic rings. The number of carbonyl (C=O) groups excluding carboxylic acids is 1. The molecule has 1 aliphatic heterocycles. The molecule has 1 fully saturated rings. The van der Waals surface area contributed by atoms with Gasteiger partial charge in [-0.1, -0.05) is 49.9 Å².